The molecule has 28 heavy (non-hydrogen) atoms. The largest absolute Gasteiger partial charge is 0.369 e. The highest BCUT2D eigenvalue weighted by Gasteiger charge is 2.25. The van der Waals surface area contributed by atoms with Crippen molar-refractivity contribution in [2.45, 2.75) is 44.2 Å². The first-order chi connectivity index (χ1) is 13.0. The number of nitrogens with one attached hydrogen (secondary N) is 2. The molecule has 1 aromatic carbocycles. The van der Waals surface area contributed by atoms with Crippen molar-refractivity contribution >= 4 is 53.1 Å². The van der Waals surface area contributed by atoms with Crippen molar-refractivity contribution in [2.24, 2.45) is 4.99 Å². The fourth-order valence-electron chi connectivity index (χ4n) is 3.66. The monoisotopic (exact) mass is 519 g/mol. The fourth-order valence-corrected chi connectivity index (χ4v) is 3.85. The van der Waals surface area contributed by atoms with E-state index in [1.165, 1.54) is 25.7 Å². The average Bonchev–Trinajstić information content (AvgIpc) is 3.31. The van der Waals surface area contributed by atoms with Gasteiger partial charge in [0.2, 0.25) is 5.91 Å². The van der Waals surface area contributed by atoms with Crippen LogP contribution in [0.25, 0.3) is 0 Å². The maximum absolute atomic E-state index is 11.9. The number of rotatable bonds is 5. The highest BCUT2D eigenvalue weighted by molar-refractivity contribution is 14.0. The van der Waals surface area contributed by atoms with Crippen LogP contribution in [0.15, 0.2) is 29.3 Å². The van der Waals surface area contributed by atoms with Gasteiger partial charge in [-0.2, -0.15) is 0 Å². The van der Waals surface area contributed by atoms with Gasteiger partial charge >= 0.3 is 0 Å². The maximum Gasteiger partial charge on any atom is 0.243 e. The van der Waals surface area contributed by atoms with Gasteiger partial charge in [-0.15, -0.1) is 24.0 Å². The number of carbonyl (C=O) groups is 1. The summed E-state index contributed by atoms with van der Waals surface area (Å²) in [7, 11) is 3.52. The van der Waals surface area contributed by atoms with Gasteiger partial charge < -0.3 is 20.4 Å². The number of amides is 1. The number of hydrogen-bond donors (Lipinski definition) is 2. The third-order valence-corrected chi connectivity index (χ3v) is 5.50. The zero-order valence-corrected chi connectivity index (χ0v) is 19.7. The summed E-state index contributed by atoms with van der Waals surface area (Å²) in [6, 6.07) is 8.73. The van der Waals surface area contributed by atoms with Gasteiger partial charge in [0, 0.05) is 50.0 Å². The molecule has 2 fully saturated rings. The second kappa shape index (κ2) is 11.1. The first-order valence-electron chi connectivity index (χ1n) is 9.79. The van der Waals surface area contributed by atoms with Crippen LogP contribution in [0.3, 0.4) is 0 Å². The third-order valence-electron chi connectivity index (χ3n) is 5.27. The summed E-state index contributed by atoms with van der Waals surface area (Å²) in [6.07, 6.45) is 5.88. The Labute approximate surface area is 190 Å². The molecule has 1 atom stereocenters. The Morgan fingerprint density at radius 2 is 1.93 bits per heavy atom. The van der Waals surface area contributed by atoms with Crippen LogP contribution in [0.5, 0.6) is 0 Å². The molecular formula is C20H31ClIN5O. The van der Waals surface area contributed by atoms with Crippen LogP contribution in [-0.4, -0.2) is 62.6 Å². The lowest BCUT2D eigenvalue weighted by atomic mass is 10.2. The summed E-state index contributed by atoms with van der Waals surface area (Å²) >= 11 is 6.13. The molecule has 0 radical (unpaired) electrons. The molecule has 1 aliphatic heterocycles. The standard InChI is InChI=1S/C20H30ClN5O.HI/c1-25(2)19(27)13-22-20(23-16-7-3-4-8-16)24-17-10-11-26(14-17)18-9-5-6-15(21)12-18;/h5-6,9,12,16-17H,3-4,7-8,10-11,13-14H2,1-2H3,(H2,22,23,24);1H. The number of nitrogens with zero attached hydrogens (tertiary/aromatic N) is 3. The first-order valence-corrected chi connectivity index (χ1v) is 10.2. The van der Waals surface area contributed by atoms with Crippen molar-refractivity contribution in [3.05, 3.63) is 29.3 Å². The number of halogens is 2. The zero-order valence-electron chi connectivity index (χ0n) is 16.7. The van der Waals surface area contributed by atoms with E-state index in [2.05, 4.69) is 26.6 Å². The van der Waals surface area contributed by atoms with Gasteiger partial charge in [-0.25, -0.2) is 4.99 Å². The molecule has 1 heterocycles. The summed E-state index contributed by atoms with van der Waals surface area (Å²) in [5.74, 6) is 0.768. The number of hydrogen-bond acceptors (Lipinski definition) is 3. The number of likely N-dealkylation sites (N-methyl/N-ethyl adjacent to an activating group) is 1. The van der Waals surface area contributed by atoms with Crippen molar-refractivity contribution < 1.29 is 4.79 Å². The van der Waals surface area contributed by atoms with Gasteiger partial charge in [0.25, 0.3) is 0 Å². The molecule has 2 N–H and O–H groups in total. The van der Waals surface area contributed by atoms with Crippen molar-refractivity contribution in [2.75, 3.05) is 38.6 Å². The van der Waals surface area contributed by atoms with Crippen molar-refractivity contribution in [1.29, 1.82) is 0 Å². The zero-order chi connectivity index (χ0) is 19.2. The Balaban J connectivity index is 0.00000280. The number of benzene rings is 1. The predicted molar refractivity (Wildman–Crippen MR) is 127 cm³/mol. The average molecular weight is 520 g/mol. The van der Waals surface area contributed by atoms with Crippen molar-refractivity contribution in [1.82, 2.24) is 15.5 Å². The lowest BCUT2D eigenvalue weighted by molar-refractivity contribution is -0.127. The van der Waals surface area contributed by atoms with E-state index in [-0.39, 0.29) is 36.4 Å². The lowest BCUT2D eigenvalue weighted by Crippen LogP contribution is -2.48. The van der Waals surface area contributed by atoms with Gasteiger partial charge in [0.05, 0.1) is 0 Å². The van der Waals surface area contributed by atoms with E-state index in [0.29, 0.717) is 12.1 Å². The molecule has 1 aromatic rings. The Morgan fingerprint density at radius 1 is 1.21 bits per heavy atom. The van der Waals surface area contributed by atoms with Gasteiger partial charge in [-0.3, -0.25) is 4.79 Å². The third kappa shape index (κ3) is 6.69. The van der Waals surface area contributed by atoms with Gasteiger partial charge in [0.1, 0.15) is 6.54 Å². The first kappa shape index (κ1) is 23.1. The molecule has 1 saturated heterocycles. The molecule has 0 aromatic heterocycles. The molecule has 1 aliphatic carbocycles. The lowest BCUT2D eigenvalue weighted by Gasteiger charge is -2.22. The van der Waals surface area contributed by atoms with E-state index in [0.717, 1.165) is 36.2 Å². The quantitative estimate of drug-likeness (QED) is 0.357. The molecule has 0 bridgehead atoms. The van der Waals surface area contributed by atoms with Crippen LogP contribution >= 0.6 is 35.6 Å². The summed E-state index contributed by atoms with van der Waals surface area (Å²) in [5, 5.41) is 7.83. The molecule has 1 unspecified atom stereocenters. The number of anilines is 1. The molecular weight excluding hydrogens is 489 g/mol. The highest BCUT2D eigenvalue weighted by Crippen LogP contribution is 2.23. The Morgan fingerprint density at radius 3 is 2.61 bits per heavy atom. The van der Waals surface area contributed by atoms with E-state index < -0.39 is 0 Å². The summed E-state index contributed by atoms with van der Waals surface area (Å²) in [6.45, 7) is 2.04. The highest BCUT2D eigenvalue weighted by atomic mass is 127. The number of guanidine groups is 1. The normalized spacial score (nSPS) is 20.0. The fraction of sp³-hybridized carbons (Fsp3) is 0.600. The van der Waals surface area contributed by atoms with E-state index in [4.69, 9.17) is 11.6 Å². The topological polar surface area (TPSA) is 60.0 Å². The Kier molecular flexibility index (Phi) is 9.14. The van der Waals surface area contributed by atoms with Crippen LogP contribution in [0, 0.1) is 0 Å². The maximum atomic E-state index is 11.9. The minimum absolute atomic E-state index is 0. The summed E-state index contributed by atoms with van der Waals surface area (Å²) < 4.78 is 0. The second-order valence-corrected chi connectivity index (χ2v) is 8.07. The van der Waals surface area contributed by atoms with E-state index in [9.17, 15) is 4.79 Å². The van der Waals surface area contributed by atoms with Crippen LogP contribution < -0.4 is 15.5 Å². The predicted octanol–water partition coefficient (Wildman–Crippen LogP) is 3.10. The molecule has 156 valence electrons. The van der Waals surface area contributed by atoms with Crippen LogP contribution in [0.1, 0.15) is 32.1 Å². The van der Waals surface area contributed by atoms with Gasteiger partial charge in [-0.05, 0) is 37.5 Å². The minimum Gasteiger partial charge on any atom is -0.369 e. The van der Waals surface area contributed by atoms with Crippen molar-refractivity contribution in [3.8, 4) is 0 Å². The van der Waals surface area contributed by atoms with E-state index in [1.54, 1.807) is 19.0 Å². The molecule has 1 amide bonds. The van der Waals surface area contributed by atoms with Crippen LogP contribution in [0.2, 0.25) is 5.02 Å². The summed E-state index contributed by atoms with van der Waals surface area (Å²) in [4.78, 5) is 20.4. The number of aliphatic imine (C=N–C) groups is 1. The molecule has 3 rings (SSSR count). The minimum atomic E-state index is 0. The van der Waals surface area contributed by atoms with Crippen molar-refractivity contribution in [3.63, 3.8) is 0 Å². The second-order valence-electron chi connectivity index (χ2n) is 7.63. The molecule has 1 saturated carbocycles. The Hall–Kier alpha value is -1.22. The van der Waals surface area contributed by atoms with E-state index >= 15 is 0 Å². The summed E-state index contributed by atoms with van der Waals surface area (Å²) in [5.41, 5.74) is 1.15. The molecule has 8 heteroatoms. The smallest absolute Gasteiger partial charge is 0.243 e. The number of carbonyl (C=O) groups excluding carboxylic acids is 1. The molecule has 6 nitrogen and oxygen atoms in total. The van der Waals surface area contributed by atoms with Gasteiger partial charge in [-0.1, -0.05) is 30.5 Å². The molecule has 2 aliphatic rings. The van der Waals surface area contributed by atoms with Gasteiger partial charge in [0.15, 0.2) is 5.96 Å². The van der Waals surface area contributed by atoms with E-state index in [1.807, 2.05) is 18.2 Å². The van der Waals surface area contributed by atoms with Crippen LogP contribution in [-0.2, 0) is 4.79 Å². The Bertz CT molecular complexity index is 678. The SMILES string of the molecule is CN(C)C(=O)CN=C(NC1CCCC1)NC1CCN(c2cccc(Cl)c2)C1.I. The van der Waals surface area contributed by atoms with Crippen LogP contribution in [0.4, 0.5) is 5.69 Å². The molecule has 0 spiro atoms.